The van der Waals surface area contributed by atoms with E-state index < -0.39 is 29.6 Å². The second-order valence-electron chi connectivity index (χ2n) is 10.6. The largest absolute Gasteiger partial charge is 0.416 e. The van der Waals surface area contributed by atoms with E-state index in [2.05, 4.69) is 9.88 Å². The fourth-order valence-electron chi connectivity index (χ4n) is 5.33. The van der Waals surface area contributed by atoms with E-state index in [4.69, 9.17) is 0 Å². The normalized spacial score (nSPS) is 18.3. The molecule has 0 saturated carbocycles. The molecule has 2 saturated heterocycles. The molecule has 1 aromatic heterocycles. The number of hydrogen-bond donors (Lipinski definition) is 0. The van der Waals surface area contributed by atoms with Crippen LogP contribution in [-0.4, -0.2) is 92.4 Å². The van der Waals surface area contributed by atoms with E-state index in [0.717, 1.165) is 35.7 Å². The number of halogens is 3. The Hall–Kier alpha value is -3.67. The third-order valence-corrected chi connectivity index (χ3v) is 7.53. The van der Waals surface area contributed by atoms with Crippen molar-refractivity contribution in [2.75, 3.05) is 68.6 Å². The van der Waals surface area contributed by atoms with Gasteiger partial charge in [-0.1, -0.05) is 12.1 Å². The molecule has 1 unspecified atom stereocenters. The Morgan fingerprint density at radius 1 is 1.07 bits per heavy atom. The zero-order valence-corrected chi connectivity index (χ0v) is 23.5. The molecule has 40 heavy (non-hydrogen) atoms. The van der Waals surface area contributed by atoms with Gasteiger partial charge in [0.2, 0.25) is 17.7 Å². The molecule has 12 heteroatoms. The second-order valence-corrected chi connectivity index (χ2v) is 10.6. The quantitative estimate of drug-likeness (QED) is 0.541. The molecule has 2 aromatic rings. The Morgan fingerprint density at radius 3 is 2.40 bits per heavy atom. The number of aromatic nitrogens is 1. The summed E-state index contributed by atoms with van der Waals surface area (Å²) in [6.45, 7) is 6.33. The molecule has 0 radical (unpaired) electrons. The zero-order valence-electron chi connectivity index (χ0n) is 23.5. The van der Waals surface area contributed by atoms with E-state index in [-0.39, 0.29) is 36.8 Å². The first-order valence-electron chi connectivity index (χ1n) is 13.2. The van der Waals surface area contributed by atoms with Crippen LogP contribution in [0, 0.1) is 13.8 Å². The number of likely N-dealkylation sites (N-methyl/N-ethyl adjacent to an activating group) is 3. The van der Waals surface area contributed by atoms with Crippen LogP contribution in [0.5, 0.6) is 0 Å². The number of aryl methyl sites for hydroxylation is 2. The SMILES string of the molecule is Cc1cc(C(F)(F)F)cc(N2C(=O)CCC2C(=O)N(C)c2cccc(C)c2N(C)CC(=O)N2CCN(C)CC2)n1. The average Bonchev–Trinajstić information content (AvgIpc) is 3.28. The van der Waals surface area contributed by atoms with Crippen LogP contribution in [0.4, 0.5) is 30.4 Å². The summed E-state index contributed by atoms with van der Waals surface area (Å²) in [5.41, 5.74) is 1.23. The number of amides is 3. The fraction of sp³-hybridized carbons (Fsp3) is 0.500. The number of rotatable bonds is 6. The lowest BCUT2D eigenvalue weighted by atomic mass is 10.1. The van der Waals surface area contributed by atoms with Crippen molar-refractivity contribution in [3.8, 4) is 0 Å². The third kappa shape index (κ3) is 6.06. The molecule has 0 bridgehead atoms. The smallest absolute Gasteiger partial charge is 0.363 e. The molecular weight excluding hydrogens is 525 g/mol. The van der Waals surface area contributed by atoms with E-state index in [0.29, 0.717) is 24.5 Å². The van der Waals surface area contributed by atoms with Crippen molar-refractivity contribution in [2.45, 2.75) is 38.9 Å². The first-order chi connectivity index (χ1) is 18.8. The molecule has 1 atom stereocenters. The summed E-state index contributed by atoms with van der Waals surface area (Å²) in [4.78, 5) is 52.1. The molecule has 0 spiro atoms. The summed E-state index contributed by atoms with van der Waals surface area (Å²) in [6.07, 6.45) is -4.46. The van der Waals surface area contributed by atoms with E-state index in [1.54, 1.807) is 26.2 Å². The fourth-order valence-corrected chi connectivity index (χ4v) is 5.33. The van der Waals surface area contributed by atoms with Crippen LogP contribution in [0.1, 0.15) is 29.7 Å². The van der Waals surface area contributed by atoms with Gasteiger partial charge in [0.15, 0.2) is 0 Å². The highest BCUT2D eigenvalue weighted by molar-refractivity contribution is 6.09. The number of nitrogens with zero attached hydrogens (tertiary/aromatic N) is 6. The molecule has 9 nitrogen and oxygen atoms in total. The molecule has 2 fully saturated rings. The number of benzene rings is 1. The maximum absolute atomic E-state index is 13.8. The number of carbonyl (C=O) groups is 3. The maximum atomic E-state index is 13.8. The average molecular weight is 561 g/mol. The van der Waals surface area contributed by atoms with Gasteiger partial charge in [0.1, 0.15) is 11.9 Å². The molecule has 2 aliphatic rings. The van der Waals surface area contributed by atoms with Gasteiger partial charge in [-0.2, -0.15) is 13.2 Å². The topological polar surface area (TPSA) is 80.3 Å². The lowest BCUT2D eigenvalue weighted by Gasteiger charge is -2.35. The highest BCUT2D eigenvalue weighted by Crippen LogP contribution is 2.36. The number of anilines is 3. The molecule has 0 N–H and O–H groups in total. The van der Waals surface area contributed by atoms with Crippen molar-refractivity contribution >= 4 is 34.9 Å². The van der Waals surface area contributed by atoms with Crippen LogP contribution in [0.25, 0.3) is 0 Å². The molecule has 0 aliphatic carbocycles. The Morgan fingerprint density at radius 2 is 1.75 bits per heavy atom. The number of carbonyl (C=O) groups excluding carboxylic acids is 3. The van der Waals surface area contributed by atoms with Gasteiger partial charge in [0.05, 0.1) is 23.5 Å². The molecule has 2 aliphatic heterocycles. The summed E-state index contributed by atoms with van der Waals surface area (Å²) in [5, 5.41) is 0. The molecule has 1 aromatic carbocycles. The van der Waals surface area contributed by atoms with Crippen molar-refractivity contribution in [3.63, 3.8) is 0 Å². The lowest BCUT2D eigenvalue weighted by molar-refractivity contribution is -0.137. The first-order valence-corrected chi connectivity index (χ1v) is 13.2. The predicted molar refractivity (Wildman–Crippen MR) is 146 cm³/mol. The van der Waals surface area contributed by atoms with Crippen molar-refractivity contribution < 1.29 is 27.6 Å². The number of alkyl halides is 3. The van der Waals surface area contributed by atoms with Gasteiger partial charge in [-0.15, -0.1) is 0 Å². The lowest BCUT2D eigenvalue weighted by Crippen LogP contribution is -2.50. The van der Waals surface area contributed by atoms with E-state index in [9.17, 15) is 27.6 Å². The van der Waals surface area contributed by atoms with Crippen LogP contribution in [0.3, 0.4) is 0 Å². The highest BCUT2D eigenvalue weighted by Gasteiger charge is 2.41. The monoisotopic (exact) mass is 560 g/mol. The molecular formula is C28H35F3N6O3. The minimum absolute atomic E-state index is 0.0152. The number of pyridine rings is 1. The van der Waals surface area contributed by atoms with Gasteiger partial charge in [-0.05, 0) is 51.1 Å². The number of para-hydroxylation sites is 1. The summed E-state index contributed by atoms with van der Waals surface area (Å²) in [6, 6.07) is 6.14. The molecule has 216 valence electrons. The van der Waals surface area contributed by atoms with Crippen molar-refractivity contribution in [1.82, 2.24) is 14.8 Å². The van der Waals surface area contributed by atoms with Gasteiger partial charge in [0.25, 0.3) is 0 Å². The summed E-state index contributed by atoms with van der Waals surface area (Å²) in [5.74, 6) is -1.12. The number of piperazine rings is 1. The maximum Gasteiger partial charge on any atom is 0.416 e. The summed E-state index contributed by atoms with van der Waals surface area (Å²) < 4.78 is 40.4. The Labute approximate surface area is 232 Å². The first kappa shape index (κ1) is 29.3. The van der Waals surface area contributed by atoms with Crippen molar-refractivity contribution in [2.24, 2.45) is 0 Å². The predicted octanol–water partition coefficient (Wildman–Crippen LogP) is 3.09. The van der Waals surface area contributed by atoms with Gasteiger partial charge in [-0.25, -0.2) is 4.98 Å². The van der Waals surface area contributed by atoms with Gasteiger partial charge >= 0.3 is 6.18 Å². The van der Waals surface area contributed by atoms with Crippen LogP contribution < -0.4 is 14.7 Å². The molecule has 4 rings (SSSR count). The Balaban J connectivity index is 1.59. The van der Waals surface area contributed by atoms with E-state index in [1.165, 1.54) is 11.8 Å². The molecule has 3 amide bonds. The Bertz CT molecular complexity index is 1290. The van der Waals surface area contributed by atoms with Crippen LogP contribution in [0.15, 0.2) is 30.3 Å². The third-order valence-electron chi connectivity index (χ3n) is 7.53. The van der Waals surface area contributed by atoms with E-state index in [1.807, 2.05) is 29.8 Å². The Kier molecular flexibility index (Phi) is 8.38. The van der Waals surface area contributed by atoms with Gasteiger partial charge < -0.3 is 19.6 Å². The van der Waals surface area contributed by atoms with Crippen LogP contribution in [-0.2, 0) is 20.6 Å². The van der Waals surface area contributed by atoms with E-state index >= 15 is 0 Å². The van der Waals surface area contributed by atoms with Crippen molar-refractivity contribution in [1.29, 1.82) is 0 Å². The minimum atomic E-state index is -4.62. The minimum Gasteiger partial charge on any atom is -0.363 e. The highest BCUT2D eigenvalue weighted by atomic mass is 19.4. The number of hydrogen-bond acceptors (Lipinski definition) is 6. The standard InChI is InChI=1S/C28H35F3N6O3/c1-18-7-6-8-21(26(18)34(4)17-25(39)36-13-11-33(3)12-14-36)35(5)27(40)22-9-10-24(38)37(22)23-16-20(28(29,30)31)15-19(2)32-23/h6-8,15-16,22H,9-14,17H2,1-5H3. The van der Waals surface area contributed by atoms with Crippen LogP contribution in [0.2, 0.25) is 0 Å². The summed E-state index contributed by atoms with van der Waals surface area (Å²) >= 11 is 0. The van der Waals surface area contributed by atoms with Gasteiger partial charge in [-0.3, -0.25) is 19.3 Å². The van der Waals surface area contributed by atoms with Gasteiger partial charge in [0, 0.05) is 52.4 Å². The van der Waals surface area contributed by atoms with Crippen molar-refractivity contribution in [3.05, 3.63) is 47.2 Å². The molecule has 3 heterocycles. The second kappa shape index (κ2) is 11.4. The van der Waals surface area contributed by atoms with Crippen LogP contribution >= 0.6 is 0 Å². The zero-order chi connectivity index (χ0) is 29.4. The summed E-state index contributed by atoms with van der Waals surface area (Å²) in [7, 11) is 5.38.